The zero-order valence-electron chi connectivity index (χ0n) is 12.2. The summed E-state index contributed by atoms with van der Waals surface area (Å²) in [7, 11) is 3.27. The third kappa shape index (κ3) is 3.00. The maximum Gasteiger partial charge on any atom is 0.161 e. The van der Waals surface area contributed by atoms with Crippen LogP contribution in [0.3, 0.4) is 0 Å². The standard InChI is InChI=1S/C16H19ClN2O2/c1-20-14-7-11-5-6-18-16(12(11)8-15(14)21-2)19-9-13(17)10-3-4-10/h5-8,10,13H,3-4,9H2,1-2H3,(H,18,19). The normalized spacial score (nSPS) is 15.8. The zero-order chi connectivity index (χ0) is 14.8. The molecule has 4 nitrogen and oxygen atoms in total. The molecule has 3 rings (SSSR count). The minimum Gasteiger partial charge on any atom is -0.493 e. The van der Waals surface area contributed by atoms with Crippen molar-refractivity contribution in [1.82, 2.24) is 4.98 Å². The summed E-state index contributed by atoms with van der Waals surface area (Å²) in [4.78, 5) is 4.42. The highest BCUT2D eigenvalue weighted by molar-refractivity contribution is 6.21. The Morgan fingerprint density at radius 2 is 2.00 bits per heavy atom. The van der Waals surface area contributed by atoms with Crippen LogP contribution in [0.4, 0.5) is 5.82 Å². The summed E-state index contributed by atoms with van der Waals surface area (Å²) in [5.74, 6) is 2.91. The molecule has 1 aromatic heterocycles. The minimum atomic E-state index is 0.169. The van der Waals surface area contributed by atoms with E-state index in [9.17, 15) is 0 Å². The summed E-state index contributed by atoms with van der Waals surface area (Å²) in [6, 6.07) is 5.87. The topological polar surface area (TPSA) is 43.4 Å². The van der Waals surface area contributed by atoms with Crippen LogP contribution in [0, 0.1) is 5.92 Å². The fraction of sp³-hybridized carbons (Fsp3) is 0.438. The highest BCUT2D eigenvalue weighted by Gasteiger charge is 2.29. The van der Waals surface area contributed by atoms with Gasteiger partial charge in [-0.1, -0.05) is 0 Å². The number of benzene rings is 1. The van der Waals surface area contributed by atoms with Crippen LogP contribution < -0.4 is 14.8 Å². The van der Waals surface area contributed by atoms with E-state index >= 15 is 0 Å². The van der Waals surface area contributed by atoms with Gasteiger partial charge in [-0.2, -0.15) is 0 Å². The molecule has 1 heterocycles. The molecule has 5 heteroatoms. The van der Waals surface area contributed by atoms with Crippen LogP contribution in [0.5, 0.6) is 11.5 Å². The first-order valence-electron chi connectivity index (χ1n) is 7.11. The molecule has 1 unspecified atom stereocenters. The Balaban J connectivity index is 1.90. The molecule has 0 spiro atoms. The first-order valence-corrected chi connectivity index (χ1v) is 7.55. The first kappa shape index (κ1) is 14.3. The number of nitrogens with one attached hydrogen (secondary N) is 1. The Bertz CT molecular complexity index is 643. The lowest BCUT2D eigenvalue weighted by Gasteiger charge is -2.14. The van der Waals surface area contributed by atoms with Crippen LogP contribution in [0.2, 0.25) is 0 Å². The largest absolute Gasteiger partial charge is 0.493 e. The average molecular weight is 307 g/mol. The van der Waals surface area contributed by atoms with Crippen LogP contribution in [0.25, 0.3) is 10.8 Å². The molecule has 21 heavy (non-hydrogen) atoms. The number of hydrogen-bond acceptors (Lipinski definition) is 4. The second-order valence-electron chi connectivity index (χ2n) is 5.32. The smallest absolute Gasteiger partial charge is 0.161 e. The lowest BCUT2D eigenvalue weighted by molar-refractivity contribution is 0.356. The molecular weight excluding hydrogens is 288 g/mol. The summed E-state index contributed by atoms with van der Waals surface area (Å²) in [5.41, 5.74) is 0. The summed E-state index contributed by atoms with van der Waals surface area (Å²) in [5, 5.41) is 5.59. The van der Waals surface area contributed by atoms with Gasteiger partial charge in [0.2, 0.25) is 0 Å². The molecule has 1 saturated carbocycles. The number of aromatic nitrogens is 1. The van der Waals surface area contributed by atoms with E-state index in [1.165, 1.54) is 12.8 Å². The van der Waals surface area contributed by atoms with Gasteiger partial charge in [0.15, 0.2) is 11.5 Å². The predicted octanol–water partition coefficient (Wildman–Crippen LogP) is 3.68. The quantitative estimate of drug-likeness (QED) is 0.827. The molecule has 0 bridgehead atoms. The van der Waals surface area contributed by atoms with Gasteiger partial charge in [0, 0.05) is 18.1 Å². The minimum absolute atomic E-state index is 0.169. The van der Waals surface area contributed by atoms with E-state index in [-0.39, 0.29) is 5.38 Å². The number of rotatable bonds is 6. The maximum atomic E-state index is 6.35. The van der Waals surface area contributed by atoms with Crippen LogP contribution in [-0.2, 0) is 0 Å². The van der Waals surface area contributed by atoms with Gasteiger partial charge in [0.05, 0.1) is 19.6 Å². The van der Waals surface area contributed by atoms with E-state index in [4.69, 9.17) is 21.1 Å². The van der Waals surface area contributed by atoms with E-state index in [0.29, 0.717) is 11.7 Å². The second kappa shape index (κ2) is 5.98. The molecule has 1 atom stereocenters. The second-order valence-corrected chi connectivity index (χ2v) is 5.88. The van der Waals surface area contributed by atoms with Gasteiger partial charge in [0.25, 0.3) is 0 Å². The van der Waals surface area contributed by atoms with Gasteiger partial charge in [-0.3, -0.25) is 0 Å². The maximum absolute atomic E-state index is 6.35. The fourth-order valence-corrected chi connectivity index (χ4v) is 2.79. The number of fused-ring (bicyclic) bond motifs is 1. The van der Waals surface area contributed by atoms with Crippen molar-refractivity contribution >= 4 is 28.2 Å². The van der Waals surface area contributed by atoms with Crippen molar-refractivity contribution in [3.8, 4) is 11.5 Å². The predicted molar refractivity (Wildman–Crippen MR) is 85.7 cm³/mol. The molecule has 0 amide bonds. The summed E-state index contributed by atoms with van der Waals surface area (Å²) >= 11 is 6.35. The molecule has 1 fully saturated rings. The number of alkyl halides is 1. The Labute approximate surface area is 129 Å². The van der Waals surface area contributed by atoms with Crippen LogP contribution in [0.15, 0.2) is 24.4 Å². The van der Waals surface area contributed by atoms with Crippen molar-refractivity contribution in [3.05, 3.63) is 24.4 Å². The third-order valence-corrected chi connectivity index (χ3v) is 4.38. The molecular formula is C16H19ClN2O2. The number of nitrogens with zero attached hydrogens (tertiary/aromatic N) is 1. The number of anilines is 1. The van der Waals surface area contributed by atoms with Crippen molar-refractivity contribution in [2.75, 3.05) is 26.1 Å². The van der Waals surface area contributed by atoms with Crippen molar-refractivity contribution < 1.29 is 9.47 Å². The van der Waals surface area contributed by atoms with Gasteiger partial charge >= 0.3 is 0 Å². The fourth-order valence-electron chi connectivity index (χ4n) is 2.46. The van der Waals surface area contributed by atoms with Crippen LogP contribution >= 0.6 is 11.6 Å². The van der Waals surface area contributed by atoms with Crippen molar-refractivity contribution in [3.63, 3.8) is 0 Å². The molecule has 0 radical (unpaired) electrons. The molecule has 1 N–H and O–H groups in total. The van der Waals surface area contributed by atoms with E-state index in [0.717, 1.165) is 28.9 Å². The number of ether oxygens (including phenoxy) is 2. The van der Waals surface area contributed by atoms with Crippen LogP contribution in [0.1, 0.15) is 12.8 Å². The Hall–Kier alpha value is -1.68. The summed E-state index contributed by atoms with van der Waals surface area (Å²) in [6.07, 6.45) is 4.27. The lowest BCUT2D eigenvalue weighted by atomic mass is 10.1. The molecule has 1 aromatic carbocycles. The molecule has 0 saturated heterocycles. The van der Waals surface area contributed by atoms with E-state index in [1.54, 1.807) is 20.4 Å². The zero-order valence-corrected chi connectivity index (χ0v) is 13.0. The van der Waals surface area contributed by atoms with Gasteiger partial charge < -0.3 is 14.8 Å². The van der Waals surface area contributed by atoms with Gasteiger partial charge in [-0.05, 0) is 42.3 Å². The molecule has 2 aromatic rings. The van der Waals surface area contributed by atoms with E-state index in [1.807, 2.05) is 18.2 Å². The first-order chi connectivity index (χ1) is 10.2. The Morgan fingerprint density at radius 3 is 2.67 bits per heavy atom. The van der Waals surface area contributed by atoms with Gasteiger partial charge in [0.1, 0.15) is 5.82 Å². The molecule has 1 aliphatic rings. The van der Waals surface area contributed by atoms with Crippen molar-refractivity contribution in [2.24, 2.45) is 5.92 Å². The third-order valence-electron chi connectivity index (χ3n) is 3.87. The Morgan fingerprint density at radius 1 is 1.29 bits per heavy atom. The van der Waals surface area contributed by atoms with Gasteiger partial charge in [-0.15, -0.1) is 11.6 Å². The number of halogens is 1. The lowest BCUT2D eigenvalue weighted by Crippen LogP contribution is -2.16. The van der Waals surface area contributed by atoms with E-state index < -0.39 is 0 Å². The Kier molecular flexibility index (Phi) is 4.06. The van der Waals surface area contributed by atoms with E-state index in [2.05, 4.69) is 10.3 Å². The van der Waals surface area contributed by atoms with Crippen molar-refractivity contribution in [1.29, 1.82) is 0 Å². The number of pyridine rings is 1. The number of hydrogen-bond donors (Lipinski definition) is 1. The molecule has 112 valence electrons. The molecule has 0 aliphatic heterocycles. The SMILES string of the molecule is COc1cc2ccnc(NCC(Cl)C3CC3)c2cc1OC. The average Bonchev–Trinajstić information content (AvgIpc) is 3.35. The highest BCUT2D eigenvalue weighted by Crippen LogP contribution is 2.37. The molecule has 1 aliphatic carbocycles. The number of methoxy groups -OCH3 is 2. The summed E-state index contributed by atoms with van der Waals surface area (Å²) in [6.45, 7) is 0.729. The summed E-state index contributed by atoms with van der Waals surface area (Å²) < 4.78 is 10.7. The highest BCUT2D eigenvalue weighted by atomic mass is 35.5. The monoisotopic (exact) mass is 306 g/mol. The van der Waals surface area contributed by atoms with Gasteiger partial charge in [-0.25, -0.2) is 4.98 Å². The van der Waals surface area contributed by atoms with Crippen LogP contribution in [-0.4, -0.2) is 31.1 Å². The van der Waals surface area contributed by atoms with Crippen molar-refractivity contribution in [2.45, 2.75) is 18.2 Å².